The van der Waals surface area contributed by atoms with Gasteiger partial charge in [0.25, 0.3) is 0 Å². The topological polar surface area (TPSA) is 29.1 Å². The maximum atomic E-state index is 12.6. The van der Waals surface area contributed by atoms with Gasteiger partial charge in [0.1, 0.15) is 5.82 Å². The van der Waals surface area contributed by atoms with Crippen LogP contribution in [0.25, 0.3) is 0 Å². The van der Waals surface area contributed by atoms with Gasteiger partial charge in [-0.2, -0.15) is 0 Å². The number of hydrogen-bond acceptors (Lipinski definition) is 1. The van der Waals surface area contributed by atoms with Gasteiger partial charge in [-0.3, -0.25) is 4.79 Å². The van der Waals surface area contributed by atoms with E-state index in [1.165, 1.54) is 12.1 Å². The van der Waals surface area contributed by atoms with Gasteiger partial charge in [-0.15, -0.1) is 11.6 Å². The summed E-state index contributed by atoms with van der Waals surface area (Å²) in [5, 5.41) is 2.73. The molecule has 1 rings (SSSR count). The summed E-state index contributed by atoms with van der Waals surface area (Å²) >= 11 is 5.46. The van der Waals surface area contributed by atoms with E-state index in [0.29, 0.717) is 25.3 Å². The van der Waals surface area contributed by atoms with Crippen molar-refractivity contribution in [1.29, 1.82) is 0 Å². The summed E-state index contributed by atoms with van der Waals surface area (Å²) in [6.07, 6.45) is 1.11. The predicted octanol–water partition coefficient (Wildman–Crippen LogP) is 2.46. The van der Waals surface area contributed by atoms with E-state index in [-0.39, 0.29) is 11.7 Å². The van der Waals surface area contributed by atoms with Crippen LogP contribution in [0.15, 0.2) is 24.3 Å². The highest BCUT2D eigenvalue weighted by Crippen LogP contribution is 2.02. The van der Waals surface area contributed by atoms with Crippen molar-refractivity contribution in [2.45, 2.75) is 19.4 Å². The van der Waals surface area contributed by atoms with Crippen LogP contribution in [0.5, 0.6) is 0 Å². The molecule has 2 nitrogen and oxygen atoms in total. The zero-order valence-corrected chi connectivity index (χ0v) is 9.06. The van der Waals surface area contributed by atoms with E-state index in [4.69, 9.17) is 11.6 Å². The van der Waals surface area contributed by atoms with Crippen LogP contribution in [-0.4, -0.2) is 11.8 Å². The molecule has 0 saturated carbocycles. The van der Waals surface area contributed by atoms with Gasteiger partial charge in [0.15, 0.2) is 0 Å². The average Bonchev–Trinajstić information content (AvgIpc) is 2.25. The molecular weight excluding hydrogens is 217 g/mol. The van der Waals surface area contributed by atoms with Gasteiger partial charge in [0.05, 0.1) is 0 Å². The average molecular weight is 230 g/mol. The quantitative estimate of drug-likeness (QED) is 0.773. The predicted molar refractivity (Wildman–Crippen MR) is 58.2 cm³/mol. The lowest BCUT2D eigenvalue weighted by Gasteiger charge is -2.04. The monoisotopic (exact) mass is 229 g/mol. The summed E-state index contributed by atoms with van der Waals surface area (Å²) in [4.78, 5) is 11.2. The van der Waals surface area contributed by atoms with Crippen molar-refractivity contribution in [3.63, 3.8) is 0 Å². The number of benzene rings is 1. The summed E-state index contributed by atoms with van der Waals surface area (Å²) < 4.78 is 12.6. The van der Waals surface area contributed by atoms with E-state index >= 15 is 0 Å². The third kappa shape index (κ3) is 4.79. The second-order valence-corrected chi connectivity index (χ2v) is 3.57. The maximum absolute atomic E-state index is 12.6. The van der Waals surface area contributed by atoms with E-state index in [2.05, 4.69) is 5.32 Å². The fourth-order valence-corrected chi connectivity index (χ4v) is 1.25. The minimum Gasteiger partial charge on any atom is -0.352 e. The van der Waals surface area contributed by atoms with Crippen LogP contribution in [0.1, 0.15) is 18.4 Å². The molecule has 0 aliphatic rings. The zero-order valence-electron chi connectivity index (χ0n) is 8.30. The molecule has 15 heavy (non-hydrogen) atoms. The number of amides is 1. The highest BCUT2D eigenvalue weighted by Gasteiger charge is 2.00. The summed E-state index contributed by atoms with van der Waals surface area (Å²) in [5.41, 5.74) is 0.885. The third-order valence-corrected chi connectivity index (χ3v) is 2.21. The number of carbonyl (C=O) groups excluding carboxylic acids is 1. The Balaban J connectivity index is 2.30. The molecule has 0 spiro atoms. The Labute approximate surface area is 93.4 Å². The molecule has 1 aromatic rings. The summed E-state index contributed by atoms with van der Waals surface area (Å²) in [6, 6.07) is 6.05. The van der Waals surface area contributed by atoms with Crippen LogP contribution in [-0.2, 0) is 11.3 Å². The van der Waals surface area contributed by atoms with E-state index in [1.807, 2.05) is 0 Å². The Kier molecular flexibility index (Phi) is 5.12. The number of rotatable bonds is 5. The van der Waals surface area contributed by atoms with Crippen LogP contribution >= 0.6 is 11.6 Å². The van der Waals surface area contributed by atoms with Crippen molar-refractivity contribution in [3.8, 4) is 0 Å². The minimum absolute atomic E-state index is 0.0278. The molecule has 1 amide bonds. The van der Waals surface area contributed by atoms with Gasteiger partial charge >= 0.3 is 0 Å². The molecule has 1 N–H and O–H groups in total. The van der Waals surface area contributed by atoms with E-state index in [1.54, 1.807) is 12.1 Å². The zero-order chi connectivity index (χ0) is 11.1. The maximum Gasteiger partial charge on any atom is 0.220 e. The van der Waals surface area contributed by atoms with Crippen LogP contribution in [0.3, 0.4) is 0 Å². The summed E-state index contributed by atoms with van der Waals surface area (Å²) in [6.45, 7) is 0.432. The van der Waals surface area contributed by atoms with Crippen molar-refractivity contribution in [3.05, 3.63) is 35.6 Å². The normalized spacial score (nSPS) is 10.0. The first-order valence-electron chi connectivity index (χ1n) is 4.79. The molecular formula is C11H13ClFNO. The van der Waals surface area contributed by atoms with Gasteiger partial charge in [-0.1, -0.05) is 12.1 Å². The smallest absolute Gasteiger partial charge is 0.220 e. The van der Waals surface area contributed by atoms with Crippen molar-refractivity contribution in [2.75, 3.05) is 5.88 Å². The molecule has 0 unspecified atom stereocenters. The standard InChI is InChI=1S/C11H13ClFNO/c12-7-1-2-11(15)14-8-9-3-5-10(13)6-4-9/h3-6H,1-2,7-8H2,(H,14,15). The van der Waals surface area contributed by atoms with Crippen molar-refractivity contribution in [1.82, 2.24) is 5.32 Å². The summed E-state index contributed by atoms with van der Waals surface area (Å²) in [7, 11) is 0. The lowest BCUT2D eigenvalue weighted by Crippen LogP contribution is -2.22. The lowest BCUT2D eigenvalue weighted by atomic mass is 10.2. The number of hydrogen-bond donors (Lipinski definition) is 1. The van der Waals surface area contributed by atoms with Gasteiger partial charge in [-0.25, -0.2) is 4.39 Å². The van der Waals surface area contributed by atoms with Crippen LogP contribution in [0, 0.1) is 5.82 Å². The van der Waals surface area contributed by atoms with Gasteiger partial charge < -0.3 is 5.32 Å². The molecule has 4 heteroatoms. The first-order chi connectivity index (χ1) is 7.22. The highest BCUT2D eigenvalue weighted by molar-refractivity contribution is 6.17. The van der Waals surface area contributed by atoms with Crippen molar-refractivity contribution < 1.29 is 9.18 Å². The van der Waals surface area contributed by atoms with Crippen LogP contribution in [0.4, 0.5) is 4.39 Å². The van der Waals surface area contributed by atoms with E-state index < -0.39 is 0 Å². The first kappa shape index (κ1) is 12.0. The molecule has 0 saturated heterocycles. The summed E-state index contributed by atoms with van der Waals surface area (Å²) in [5.74, 6) is 0.191. The van der Waals surface area contributed by atoms with Crippen LogP contribution in [0.2, 0.25) is 0 Å². The largest absolute Gasteiger partial charge is 0.352 e. The van der Waals surface area contributed by atoms with Gasteiger partial charge in [0.2, 0.25) is 5.91 Å². The molecule has 0 aliphatic carbocycles. The molecule has 0 aromatic heterocycles. The fraction of sp³-hybridized carbons (Fsp3) is 0.364. The molecule has 0 heterocycles. The highest BCUT2D eigenvalue weighted by atomic mass is 35.5. The minimum atomic E-state index is -0.271. The van der Waals surface area contributed by atoms with Crippen molar-refractivity contribution >= 4 is 17.5 Å². The number of halogens is 2. The Morgan fingerprint density at radius 1 is 1.33 bits per heavy atom. The molecule has 0 fully saturated rings. The first-order valence-corrected chi connectivity index (χ1v) is 5.33. The lowest BCUT2D eigenvalue weighted by molar-refractivity contribution is -0.121. The van der Waals surface area contributed by atoms with Gasteiger partial charge in [0, 0.05) is 18.8 Å². The molecule has 0 aliphatic heterocycles. The number of alkyl halides is 1. The molecule has 0 atom stereocenters. The number of carbonyl (C=O) groups is 1. The molecule has 0 bridgehead atoms. The van der Waals surface area contributed by atoms with E-state index in [0.717, 1.165) is 5.56 Å². The molecule has 0 radical (unpaired) electrons. The second kappa shape index (κ2) is 6.40. The number of nitrogens with one attached hydrogen (secondary N) is 1. The van der Waals surface area contributed by atoms with Gasteiger partial charge in [-0.05, 0) is 24.1 Å². The third-order valence-electron chi connectivity index (χ3n) is 1.94. The van der Waals surface area contributed by atoms with E-state index in [9.17, 15) is 9.18 Å². The Morgan fingerprint density at radius 2 is 2.00 bits per heavy atom. The molecule has 82 valence electrons. The molecule has 1 aromatic carbocycles. The van der Waals surface area contributed by atoms with Crippen LogP contribution < -0.4 is 5.32 Å². The van der Waals surface area contributed by atoms with Crippen molar-refractivity contribution in [2.24, 2.45) is 0 Å². The Morgan fingerprint density at radius 3 is 2.60 bits per heavy atom. The fourth-order valence-electron chi connectivity index (χ4n) is 1.12. The Hall–Kier alpha value is -1.09. The Bertz CT molecular complexity index is 313. The second-order valence-electron chi connectivity index (χ2n) is 3.20. The SMILES string of the molecule is O=C(CCCCl)NCc1ccc(F)cc1.